The van der Waals surface area contributed by atoms with Crippen LogP contribution in [0.25, 0.3) is 0 Å². The van der Waals surface area contributed by atoms with Crippen molar-refractivity contribution in [2.24, 2.45) is 5.10 Å². The number of methoxy groups -OCH3 is 2. The molecule has 2 N–H and O–H groups in total. The van der Waals surface area contributed by atoms with E-state index >= 15 is 0 Å². The summed E-state index contributed by atoms with van der Waals surface area (Å²) in [6.07, 6.45) is 1.43. The number of hydrogen-bond acceptors (Lipinski definition) is 7. The van der Waals surface area contributed by atoms with Crippen LogP contribution in [0, 0.1) is 0 Å². The Morgan fingerprint density at radius 3 is 2.57 bits per heavy atom. The highest BCUT2D eigenvalue weighted by atomic mass is 79.9. The van der Waals surface area contributed by atoms with Crippen LogP contribution < -0.4 is 20.2 Å². The van der Waals surface area contributed by atoms with Gasteiger partial charge in [0.05, 0.1) is 37.0 Å². The van der Waals surface area contributed by atoms with Crippen molar-refractivity contribution in [2.45, 2.75) is 0 Å². The average molecular weight is 478 g/mol. The Bertz CT molecular complexity index is 948. The molecule has 0 aliphatic rings. The van der Waals surface area contributed by atoms with Crippen molar-refractivity contribution >= 4 is 39.9 Å². The first-order chi connectivity index (χ1) is 14.4. The molecular weight excluding hydrogens is 458 g/mol. The predicted molar refractivity (Wildman–Crippen MR) is 113 cm³/mol. The summed E-state index contributed by atoms with van der Waals surface area (Å²) >= 11 is 3.33. The third kappa shape index (κ3) is 6.89. The van der Waals surface area contributed by atoms with Gasteiger partial charge in [-0.2, -0.15) is 5.10 Å². The molecule has 10 heteroatoms. The molecular formula is C20H20BrN3O6. The molecule has 0 bridgehead atoms. The van der Waals surface area contributed by atoms with Gasteiger partial charge in [-0.3, -0.25) is 9.59 Å². The topological polar surface area (TPSA) is 115 Å². The summed E-state index contributed by atoms with van der Waals surface area (Å²) in [7, 11) is 2.74. The van der Waals surface area contributed by atoms with Crippen LogP contribution in [-0.4, -0.2) is 51.4 Å². The number of nitrogens with one attached hydrogen (secondary N) is 2. The third-order valence-corrected chi connectivity index (χ3v) is 4.31. The fourth-order valence-corrected chi connectivity index (χ4v) is 2.73. The van der Waals surface area contributed by atoms with Crippen molar-refractivity contribution in [1.82, 2.24) is 10.7 Å². The quantitative estimate of drug-likeness (QED) is 0.323. The molecule has 0 aliphatic heterocycles. The minimum absolute atomic E-state index is 0.209. The van der Waals surface area contributed by atoms with E-state index in [1.54, 1.807) is 42.5 Å². The molecule has 2 aromatic rings. The number of carbonyl (C=O) groups is 3. The predicted octanol–water partition coefficient (Wildman–Crippen LogP) is 1.89. The molecule has 0 aliphatic carbocycles. The van der Waals surface area contributed by atoms with E-state index in [0.29, 0.717) is 27.1 Å². The summed E-state index contributed by atoms with van der Waals surface area (Å²) in [6.45, 7) is -0.461. The van der Waals surface area contributed by atoms with Gasteiger partial charge in [-0.25, -0.2) is 10.2 Å². The molecule has 0 heterocycles. The van der Waals surface area contributed by atoms with Crippen LogP contribution in [0.3, 0.4) is 0 Å². The number of carbonyl (C=O) groups excluding carboxylic acids is 3. The van der Waals surface area contributed by atoms with Gasteiger partial charge in [0.1, 0.15) is 11.5 Å². The van der Waals surface area contributed by atoms with Gasteiger partial charge in [-0.15, -0.1) is 0 Å². The molecule has 2 amide bonds. The van der Waals surface area contributed by atoms with Crippen molar-refractivity contribution in [2.75, 3.05) is 27.4 Å². The van der Waals surface area contributed by atoms with E-state index in [2.05, 4.69) is 36.5 Å². The number of hydrazone groups is 1. The van der Waals surface area contributed by atoms with E-state index in [-0.39, 0.29) is 13.2 Å². The average Bonchev–Trinajstić information content (AvgIpc) is 2.76. The van der Waals surface area contributed by atoms with Gasteiger partial charge in [0.2, 0.25) is 0 Å². The summed E-state index contributed by atoms with van der Waals surface area (Å²) in [5, 5.41) is 6.35. The number of halogens is 1. The van der Waals surface area contributed by atoms with Crippen LogP contribution in [0.2, 0.25) is 0 Å². The smallest absolute Gasteiger partial charge is 0.343 e. The van der Waals surface area contributed by atoms with Crippen molar-refractivity contribution in [3.05, 3.63) is 58.1 Å². The fraction of sp³-hybridized carbons (Fsp3) is 0.200. The maximum atomic E-state index is 12.2. The molecule has 9 nitrogen and oxygen atoms in total. The van der Waals surface area contributed by atoms with Crippen molar-refractivity contribution in [1.29, 1.82) is 0 Å². The molecule has 2 rings (SSSR count). The van der Waals surface area contributed by atoms with Gasteiger partial charge in [0, 0.05) is 0 Å². The first-order valence-electron chi connectivity index (χ1n) is 8.67. The van der Waals surface area contributed by atoms with E-state index in [1.165, 1.54) is 20.4 Å². The molecule has 0 aromatic heterocycles. The highest BCUT2D eigenvalue weighted by Crippen LogP contribution is 2.25. The summed E-state index contributed by atoms with van der Waals surface area (Å²) < 4.78 is 15.5. The number of rotatable bonds is 9. The molecule has 0 atom stereocenters. The minimum Gasteiger partial charge on any atom is -0.496 e. The number of para-hydroxylation sites is 1. The lowest BCUT2D eigenvalue weighted by atomic mass is 10.2. The van der Waals surface area contributed by atoms with Crippen molar-refractivity contribution in [3.63, 3.8) is 0 Å². The molecule has 2 aromatic carbocycles. The number of amides is 2. The largest absolute Gasteiger partial charge is 0.496 e. The standard InChI is InChI=1S/C20H20BrN3O6/c1-28-16-6-4-3-5-14(16)20(27)22-11-18(25)24-23-10-13-7-8-17(15(21)9-13)30-12-19(26)29-2/h3-10H,11-12H2,1-2H3,(H,22,27)(H,24,25). The van der Waals surface area contributed by atoms with E-state index in [4.69, 9.17) is 9.47 Å². The lowest BCUT2D eigenvalue weighted by molar-refractivity contribution is -0.142. The summed E-state index contributed by atoms with van der Waals surface area (Å²) in [4.78, 5) is 35.2. The Morgan fingerprint density at radius 2 is 1.87 bits per heavy atom. The molecule has 158 valence electrons. The lowest BCUT2D eigenvalue weighted by Gasteiger charge is -2.08. The normalized spacial score (nSPS) is 10.4. The van der Waals surface area contributed by atoms with Crippen LogP contribution in [0.1, 0.15) is 15.9 Å². The Morgan fingerprint density at radius 1 is 1.10 bits per heavy atom. The Kier molecular flexibility index (Phi) is 8.82. The number of benzene rings is 2. The van der Waals surface area contributed by atoms with Crippen LogP contribution in [0.5, 0.6) is 11.5 Å². The molecule has 0 fully saturated rings. The number of ether oxygens (including phenoxy) is 3. The molecule has 0 saturated heterocycles. The maximum Gasteiger partial charge on any atom is 0.343 e. The first-order valence-corrected chi connectivity index (χ1v) is 9.46. The van der Waals surface area contributed by atoms with Gasteiger partial charge in [-0.1, -0.05) is 12.1 Å². The van der Waals surface area contributed by atoms with Crippen molar-refractivity contribution in [3.8, 4) is 11.5 Å². The highest BCUT2D eigenvalue weighted by molar-refractivity contribution is 9.10. The second kappa shape index (κ2) is 11.6. The van der Waals surface area contributed by atoms with E-state index < -0.39 is 17.8 Å². The minimum atomic E-state index is -0.494. The molecule has 30 heavy (non-hydrogen) atoms. The Hall–Kier alpha value is -3.40. The second-order valence-electron chi connectivity index (χ2n) is 5.73. The molecule has 0 spiro atoms. The van der Waals surface area contributed by atoms with Gasteiger partial charge in [0.25, 0.3) is 11.8 Å². The van der Waals surface area contributed by atoms with E-state index in [0.717, 1.165) is 0 Å². The van der Waals surface area contributed by atoms with E-state index in [1.807, 2.05) is 0 Å². The molecule has 0 unspecified atom stereocenters. The van der Waals surface area contributed by atoms with Crippen LogP contribution >= 0.6 is 15.9 Å². The third-order valence-electron chi connectivity index (χ3n) is 3.69. The monoisotopic (exact) mass is 477 g/mol. The fourth-order valence-electron chi connectivity index (χ4n) is 2.22. The first kappa shape index (κ1) is 22.9. The van der Waals surface area contributed by atoms with Gasteiger partial charge in [0.15, 0.2) is 6.61 Å². The van der Waals surface area contributed by atoms with Gasteiger partial charge < -0.3 is 19.5 Å². The second-order valence-corrected chi connectivity index (χ2v) is 6.59. The number of hydrogen-bond donors (Lipinski definition) is 2. The van der Waals surface area contributed by atoms with E-state index in [9.17, 15) is 14.4 Å². The SMILES string of the molecule is COC(=O)COc1ccc(C=NNC(=O)CNC(=O)c2ccccc2OC)cc1Br. The van der Waals surface area contributed by atoms with Gasteiger partial charge in [-0.05, 0) is 51.8 Å². The zero-order valence-corrected chi connectivity index (χ0v) is 17.9. The summed E-state index contributed by atoms with van der Waals surface area (Å²) in [5.74, 6) is -0.545. The highest BCUT2D eigenvalue weighted by Gasteiger charge is 2.12. The zero-order valence-electron chi connectivity index (χ0n) is 16.3. The van der Waals surface area contributed by atoms with Crippen LogP contribution in [0.15, 0.2) is 52.0 Å². The Balaban J connectivity index is 1.83. The maximum absolute atomic E-state index is 12.2. The van der Waals surface area contributed by atoms with Gasteiger partial charge >= 0.3 is 5.97 Å². The number of nitrogens with zero attached hydrogens (tertiary/aromatic N) is 1. The lowest BCUT2D eigenvalue weighted by Crippen LogP contribution is -2.35. The number of esters is 1. The van der Waals surface area contributed by atoms with Crippen molar-refractivity contribution < 1.29 is 28.6 Å². The van der Waals surface area contributed by atoms with Crippen LogP contribution in [0.4, 0.5) is 0 Å². The molecule has 0 radical (unpaired) electrons. The zero-order chi connectivity index (χ0) is 21.9. The summed E-state index contributed by atoms with van der Waals surface area (Å²) in [5.41, 5.74) is 3.33. The van der Waals surface area contributed by atoms with Crippen LogP contribution in [-0.2, 0) is 14.3 Å². The molecule has 0 saturated carbocycles. The summed E-state index contributed by atoms with van der Waals surface area (Å²) in [6, 6.07) is 11.7. The Labute approximate surface area is 181 Å².